The number of alkyl halides is 2. The monoisotopic (exact) mass is 706 g/mol. The molecule has 4 N–H and O–H groups in total. The van der Waals surface area contributed by atoms with E-state index in [2.05, 4.69) is 68.0 Å². The Bertz CT molecular complexity index is 1770. The van der Waals surface area contributed by atoms with Gasteiger partial charge in [-0.1, -0.05) is 29.8 Å². The lowest BCUT2D eigenvalue weighted by Gasteiger charge is -2.24. The molecule has 2 aliphatic rings. The maximum absolute atomic E-state index is 12.1. The zero-order valence-corrected chi connectivity index (χ0v) is 27.3. The molecule has 2 aliphatic heterocycles. The molecule has 0 radical (unpaired) electrons. The molecule has 0 amide bonds. The van der Waals surface area contributed by atoms with Crippen LogP contribution in [0.2, 0.25) is 5.02 Å². The second-order valence-corrected chi connectivity index (χ2v) is 11.1. The zero-order valence-electron chi connectivity index (χ0n) is 26.5. The van der Waals surface area contributed by atoms with Crippen LogP contribution in [-0.4, -0.2) is 75.9 Å². The van der Waals surface area contributed by atoms with Crippen molar-refractivity contribution in [3.8, 4) is 17.5 Å². The van der Waals surface area contributed by atoms with Crippen LogP contribution in [0.3, 0.4) is 0 Å². The lowest BCUT2D eigenvalue weighted by Crippen LogP contribution is -2.33. The molecule has 17 heteroatoms. The van der Waals surface area contributed by atoms with Crippen molar-refractivity contribution in [1.82, 2.24) is 40.5 Å². The first-order valence-corrected chi connectivity index (χ1v) is 16.0. The Kier molecular flexibility index (Phi) is 12.2. The number of anilines is 4. The van der Waals surface area contributed by atoms with Crippen LogP contribution >= 0.6 is 11.6 Å². The van der Waals surface area contributed by atoms with Gasteiger partial charge in [0, 0.05) is 44.3 Å². The van der Waals surface area contributed by atoms with Gasteiger partial charge in [0.25, 0.3) is 0 Å². The van der Waals surface area contributed by atoms with Crippen molar-refractivity contribution in [2.45, 2.75) is 18.8 Å². The molecule has 50 heavy (non-hydrogen) atoms. The van der Waals surface area contributed by atoms with E-state index in [1.54, 1.807) is 18.5 Å². The Hall–Kier alpha value is -5.13. The quantitative estimate of drug-likeness (QED) is 0.142. The van der Waals surface area contributed by atoms with Crippen molar-refractivity contribution in [2.75, 3.05) is 50.0 Å². The Morgan fingerprint density at radius 1 is 0.740 bits per heavy atom. The summed E-state index contributed by atoms with van der Waals surface area (Å²) in [6.45, 7) is 1.85. The molecule has 2 atom stereocenters. The number of morpholine rings is 2. The van der Waals surface area contributed by atoms with Crippen LogP contribution in [0.25, 0.3) is 0 Å². The summed E-state index contributed by atoms with van der Waals surface area (Å²) in [5, 5.41) is 13.3. The van der Waals surface area contributed by atoms with Crippen molar-refractivity contribution in [2.24, 2.45) is 0 Å². The number of ether oxygens (including phenoxy) is 4. The van der Waals surface area contributed by atoms with Crippen LogP contribution in [0.15, 0.2) is 85.7 Å². The van der Waals surface area contributed by atoms with Gasteiger partial charge in [0.1, 0.15) is 0 Å². The summed E-state index contributed by atoms with van der Waals surface area (Å²) in [6, 6.07) is 15.5. The Balaban J connectivity index is 0.000000194. The summed E-state index contributed by atoms with van der Waals surface area (Å²) < 4.78 is 45.3. The van der Waals surface area contributed by atoms with E-state index in [4.69, 9.17) is 25.8 Å². The fraction of sp³-hybridized carbons (Fsp3) is 0.273. The Morgan fingerprint density at radius 2 is 1.34 bits per heavy atom. The summed E-state index contributed by atoms with van der Waals surface area (Å²) in [5.74, 6) is 0.994. The van der Waals surface area contributed by atoms with Crippen molar-refractivity contribution in [3.63, 3.8) is 0 Å². The maximum atomic E-state index is 12.1. The summed E-state index contributed by atoms with van der Waals surface area (Å²) in [5.41, 5.74) is 3.78. The van der Waals surface area contributed by atoms with Gasteiger partial charge in [0.05, 0.1) is 60.9 Å². The first-order valence-electron chi connectivity index (χ1n) is 15.6. The van der Waals surface area contributed by atoms with E-state index in [9.17, 15) is 8.78 Å². The van der Waals surface area contributed by atoms with Crippen molar-refractivity contribution >= 4 is 34.9 Å². The minimum absolute atomic E-state index is 0.0359. The molecular weight excluding hydrogens is 674 g/mol. The molecule has 2 aromatic carbocycles. The molecule has 0 spiro atoms. The lowest BCUT2D eigenvalue weighted by atomic mass is 10.1. The van der Waals surface area contributed by atoms with Crippen molar-refractivity contribution in [1.29, 1.82) is 0 Å². The highest BCUT2D eigenvalue weighted by Crippen LogP contribution is 2.30. The van der Waals surface area contributed by atoms with Crippen LogP contribution in [0.1, 0.15) is 23.3 Å². The topological polar surface area (TPSA) is 162 Å². The molecule has 0 bridgehead atoms. The van der Waals surface area contributed by atoms with E-state index in [1.165, 1.54) is 18.0 Å². The third-order valence-electron chi connectivity index (χ3n) is 7.24. The predicted octanol–water partition coefficient (Wildman–Crippen LogP) is 5.60. The molecule has 7 rings (SSSR count). The summed E-state index contributed by atoms with van der Waals surface area (Å²) >= 11 is 6.39. The van der Waals surface area contributed by atoms with Crippen LogP contribution in [0.5, 0.6) is 17.5 Å². The molecule has 3 aromatic heterocycles. The van der Waals surface area contributed by atoms with E-state index in [1.807, 2.05) is 30.3 Å². The zero-order chi connectivity index (χ0) is 34.5. The molecule has 5 heterocycles. The molecule has 0 aliphatic carbocycles. The second kappa shape index (κ2) is 17.5. The van der Waals surface area contributed by atoms with Gasteiger partial charge in [-0.2, -0.15) is 18.7 Å². The maximum Gasteiger partial charge on any atom is 0.387 e. The Morgan fingerprint density at radius 3 is 1.94 bits per heavy atom. The van der Waals surface area contributed by atoms with E-state index in [0.717, 1.165) is 56.4 Å². The molecular formula is C33H33ClF2N10O4. The first kappa shape index (κ1) is 34.7. The Labute approximate surface area is 291 Å². The number of aromatic nitrogens is 6. The van der Waals surface area contributed by atoms with E-state index in [0.29, 0.717) is 29.2 Å². The van der Waals surface area contributed by atoms with Crippen molar-refractivity contribution in [3.05, 3.63) is 102 Å². The largest absolute Gasteiger partial charge is 0.432 e. The van der Waals surface area contributed by atoms with Crippen LogP contribution in [-0.2, 0) is 9.47 Å². The van der Waals surface area contributed by atoms with Gasteiger partial charge in [-0.25, -0.2) is 19.9 Å². The molecule has 0 saturated carbocycles. The van der Waals surface area contributed by atoms with Crippen molar-refractivity contribution < 1.29 is 27.7 Å². The number of halogens is 3. The first-order chi connectivity index (χ1) is 24.5. The van der Waals surface area contributed by atoms with Gasteiger partial charge >= 0.3 is 12.6 Å². The lowest BCUT2D eigenvalue weighted by molar-refractivity contribution is -0.0504. The average Bonchev–Trinajstić information content (AvgIpc) is 3.15. The molecule has 2 fully saturated rings. The number of rotatable bonds is 10. The molecule has 260 valence electrons. The van der Waals surface area contributed by atoms with Gasteiger partial charge in [0.15, 0.2) is 11.5 Å². The van der Waals surface area contributed by atoms with Gasteiger partial charge in [-0.05, 0) is 41.5 Å². The summed E-state index contributed by atoms with van der Waals surface area (Å²) in [4.78, 5) is 24.1. The average molecular weight is 707 g/mol. The normalized spacial score (nSPS) is 17.3. The highest BCUT2D eigenvalue weighted by atomic mass is 35.5. The van der Waals surface area contributed by atoms with Gasteiger partial charge in [-0.15, -0.1) is 0 Å². The van der Waals surface area contributed by atoms with Crippen LogP contribution in [0, 0.1) is 0 Å². The molecule has 2 saturated heterocycles. The summed E-state index contributed by atoms with van der Waals surface area (Å²) in [7, 11) is 0. The summed E-state index contributed by atoms with van der Waals surface area (Å²) in [6.07, 6.45) is 8.51. The molecule has 5 aromatic rings. The molecule has 14 nitrogen and oxygen atoms in total. The predicted molar refractivity (Wildman–Crippen MR) is 180 cm³/mol. The third-order valence-corrected chi connectivity index (χ3v) is 7.55. The van der Waals surface area contributed by atoms with E-state index in [-0.39, 0.29) is 29.7 Å². The van der Waals surface area contributed by atoms with Gasteiger partial charge in [-0.3, -0.25) is 0 Å². The third kappa shape index (κ3) is 10.2. The number of nitrogens with one attached hydrogen (secondary N) is 4. The molecule has 0 unspecified atom stereocenters. The minimum Gasteiger partial charge on any atom is -0.432 e. The highest BCUT2D eigenvalue weighted by Gasteiger charge is 2.18. The SMILES string of the molecule is FC(F)Oc1cnc(Oc2cnc(Nc3ccc([C@@H]4CNCCO4)cc3Cl)nc2)nc1.c1cnc(Nc2ccc([C@@H]3CNCCO3)cc2)nc1. The number of benzene rings is 2. The number of hydrogen-bond donors (Lipinski definition) is 4. The van der Waals surface area contributed by atoms with Gasteiger partial charge in [0.2, 0.25) is 11.9 Å². The number of nitrogens with zero attached hydrogens (tertiary/aromatic N) is 6. The minimum atomic E-state index is -2.95. The second-order valence-electron chi connectivity index (χ2n) is 10.7. The standard InChI is InChI=1S/C19H17ClF2N6O3.C14H16N4O/c20-14-5-11(16-10-23-3-4-29-16)1-2-15(14)28-18-24-6-13(7-25-18)31-19-26-8-12(9-27-19)30-17(21)22;1-6-16-14(17-7-1)18-12-4-2-11(3-5-12)13-10-15-8-9-19-13/h1-2,5-9,16-17,23H,3-4,10H2,(H,24,25,28);1-7,13,15H,8-10H2,(H,16,17,18)/t16-;13-/m00/s1. The fourth-order valence-corrected chi connectivity index (χ4v) is 5.08. The van der Waals surface area contributed by atoms with Crippen LogP contribution < -0.4 is 30.7 Å². The fourth-order valence-electron chi connectivity index (χ4n) is 4.85. The highest BCUT2D eigenvalue weighted by molar-refractivity contribution is 6.33. The van der Waals surface area contributed by atoms with E-state index >= 15 is 0 Å². The van der Waals surface area contributed by atoms with E-state index < -0.39 is 6.61 Å². The van der Waals surface area contributed by atoms with Crippen LogP contribution in [0.4, 0.5) is 32.1 Å². The number of hydrogen-bond acceptors (Lipinski definition) is 14. The smallest absolute Gasteiger partial charge is 0.387 e. The van der Waals surface area contributed by atoms with Gasteiger partial charge < -0.3 is 40.2 Å².